The maximum atomic E-state index is 2.50. The van der Waals surface area contributed by atoms with E-state index < -0.39 is 0 Å². The Morgan fingerprint density at radius 1 is 0.368 bits per heavy atom. The van der Waals surface area contributed by atoms with Crippen LogP contribution in [-0.2, 0) is 0 Å². The number of benzene rings is 7. The number of aromatic nitrogens is 1. The van der Waals surface area contributed by atoms with Gasteiger partial charge in [-0.3, -0.25) is 0 Å². The van der Waals surface area contributed by atoms with E-state index >= 15 is 0 Å². The second kappa shape index (κ2) is 7.44. The molecule has 0 aliphatic heterocycles. The van der Waals surface area contributed by atoms with Crippen LogP contribution in [0.15, 0.2) is 127 Å². The molecule has 7 aromatic carbocycles. The fourth-order valence-electron chi connectivity index (χ4n) is 6.62. The molecule has 0 saturated heterocycles. The summed E-state index contributed by atoms with van der Waals surface area (Å²) in [5.74, 6) is 0. The Kier molecular flexibility index (Phi) is 3.99. The van der Waals surface area contributed by atoms with Crippen molar-refractivity contribution in [2.75, 3.05) is 0 Å². The normalized spacial score (nSPS) is 12.2. The fraction of sp³-hybridized carbons (Fsp3) is 0. The molecule has 0 bridgehead atoms. The fourth-order valence-corrected chi connectivity index (χ4v) is 7.88. The highest BCUT2D eigenvalue weighted by Crippen LogP contribution is 2.45. The summed E-state index contributed by atoms with van der Waals surface area (Å²) < 4.78 is 5.21. The zero-order valence-electron chi connectivity index (χ0n) is 20.5. The molecule has 1 nitrogen and oxygen atoms in total. The number of para-hydroxylation sites is 1. The Balaban J connectivity index is 1.53. The lowest BCUT2D eigenvalue weighted by atomic mass is 9.93. The van der Waals surface area contributed by atoms with Crippen molar-refractivity contribution in [3.63, 3.8) is 0 Å². The minimum Gasteiger partial charge on any atom is -0.309 e. The molecule has 2 heterocycles. The number of rotatable bonds is 1. The van der Waals surface area contributed by atoms with Gasteiger partial charge in [0.05, 0.1) is 16.7 Å². The van der Waals surface area contributed by atoms with Crippen LogP contribution in [0.3, 0.4) is 0 Å². The van der Waals surface area contributed by atoms with Crippen LogP contribution in [0.5, 0.6) is 0 Å². The minimum absolute atomic E-state index is 1.23. The number of fused-ring (bicyclic) bond motifs is 13. The van der Waals surface area contributed by atoms with E-state index in [0.29, 0.717) is 0 Å². The van der Waals surface area contributed by atoms with E-state index in [9.17, 15) is 0 Å². The zero-order valence-corrected chi connectivity index (χ0v) is 21.3. The van der Waals surface area contributed by atoms with Crippen molar-refractivity contribution in [2.24, 2.45) is 0 Å². The monoisotopic (exact) mass is 499 g/mol. The molecule has 0 radical (unpaired) electrons. The maximum Gasteiger partial charge on any atom is 0.0556 e. The summed E-state index contributed by atoms with van der Waals surface area (Å²) >= 11 is 1.91. The third-order valence-corrected chi connectivity index (χ3v) is 9.37. The van der Waals surface area contributed by atoms with Crippen molar-refractivity contribution in [3.05, 3.63) is 127 Å². The van der Waals surface area contributed by atoms with Crippen LogP contribution in [0, 0.1) is 0 Å². The Morgan fingerprint density at radius 3 is 1.71 bits per heavy atom. The average molecular weight is 500 g/mol. The maximum absolute atomic E-state index is 2.50. The molecule has 0 aliphatic rings. The van der Waals surface area contributed by atoms with Crippen molar-refractivity contribution >= 4 is 85.6 Å². The molecule has 176 valence electrons. The highest BCUT2D eigenvalue weighted by molar-refractivity contribution is 7.26. The zero-order chi connectivity index (χ0) is 24.8. The molecule has 2 aromatic heterocycles. The van der Waals surface area contributed by atoms with Crippen molar-refractivity contribution in [1.29, 1.82) is 0 Å². The number of hydrogen-bond acceptors (Lipinski definition) is 1. The van der Waals surface area contributed by atoms with Crippen molar-refractivity contribution in [1.82, 2.24) is 4.57 Å². The Labute approximate surface area is 222 Å². The first kappa shape index (κ1) is 20.4. The second-order valence-corrected chi connectivity index (χ2v) is 11.1. The van der Waals surface area contributed by atoms with Crippen LogP contribution >= 0.6 is 11.3 Å². The van der Waals surface area contributed by atoms with E-state index in [1.165, 1.54) is 80.0 Å². The van der Waals surface area contributed by atoms with Crippen LogP contribution in [0.1, 0.15) is 0 Å². The lowest BCUT2D eigenvalue weighted by molar-refractivity contribution is 1.20. The van der Waals surface area contributed by atoms with Gasteiger partial charge in [0.1, 0.15) is 0 Å². The summed E-state index contributed by atoms with van der Waals surface area (Å²) in [6.45, 7) is 0. The van der Waals surface area contributed by atoms with Crippen molar-refractivity contribution in [2.45, 2.75) is 0 Å². The molecule has 9 aromatic rings. The van der Waals surface area contributed by atoms with E-state index in [4.69, 9.17) is 0 Å². The van der Waals surface area contributed by atoms with Gasteiger partial charge in [-0.25, -0.2) is 0 Å². The summed E-state index contributed by atoms with van der Waals surface area (Å²) in [5, 5.41) is 13.2. The van der Waals surface area contributed by atoms with Gasteiger partial charge < -0.3 is 4.57 Å². The lowest BCUT2D eigenvalue weighted by Crippen LogP contribution is -1.96. The average Bonchev–Trinajstić information content (AvgIpc) is 3.53. The quantitative estimate of drug-likeness (QED) is 0.198. The van der Waals surface area contributed by atoms with Crippen LogP contribution in [0.25, 0.3) is 80.0 Å². The van der Waals surface area contributed by atoms with Gasteiger partial charge in [0.2, 0.25) is 0 Å². The molecule has 9 rings (SSSR count). The molecule has 2 heteroatoms. The molecular formula is C36H21NS. The molecule has 38 heavy (non-hydrogen) atoms. The van der Waals surface area contributed by atoms with Crippen molar-refractivity contribution in [3.8, 4) is 5.69 Å². The smallest absolute Gasteiger partial charge is 0.0556 e. The predicted octanol–water partition coefficient (Wildman–Crippen LogP) is 10.6. The summed E-state index contributed by atoms with van der Waals surface area (Å²) in [4.78, 5) is 0. The van der Waals surface area contributed by atoms with Crippen LogP contribution in [-0.4, -0.2) is 4.57 Å². The van der Waals surface area contributed by atoms with Gasteiger partial charge in [-0.15, -0.1) is 11.3 Å². The first-order valence-corrected chi connectivity index (χ1v) is 13.9. The lowest BCUT2D eigenvalue weighted by Gasteiger charge is -2.16. The molecule has 0 atom stereocenters. The second-order valence-electron chi connectivity index (χ2n) is 10.1. The van der Waals surface area contributed by atoms with E-state index in [1.807, 2.05) is 11.3 Å². The highest BCUT2D eigenvalue weighted by Gasteiger charge is 2.19. The topological polar surface area (TPSA) is 4.93 Å². The molecule has 0 amide bonds. The van der Waals surface area contributed by atoms with Crippen molar-refractivity contribution < 1.29 is 0 Å². The molecule has 0 spiro atoms. The molecule has 0 saturated carbocycles. The van der Waals surface area contributed by atoms with Gasteiger partial charge in [-0.05, 0) is 51.2 Å². The first-order chi connectivity index (χ1) is 18.9. The molecular weight excluding hydrogens is 478 g/mol. The number of hydrogen-bond donors (Lipinski definition) is 0. The largest absolute Gasteiger partial charge is 0.309 e. The number of thiophene rings is 1. The van der Waals surface area contributed by atoms with E-state index in [-0.39, 0.29) is 0 Å². The van der Waals surface area contributed by atoms with Gasteiger partial charge in [-0.1, -0.05) is 103 Å². The van der Waals surface area contributed by atoms with E-state index in [0.717, 1.165) is 0 Å². The van der Waals surface area contributed by atoms with E-state index in [1.54, 1.807) is 0 Å². The summed E-state index contributed by atoms with van der Waals surface area (Å²) in [5.41, 5.74) is 3.74. The number of nitrogens with zero attached hydrogens (tertiary/aromatic N) is 1. The predicted molar refractivity (Wildman–Crippen MR) is 166 cm³/mol. The Morgan fingerprint density at radius 2 is 0.947 bits per heavy atom. The highest BCUT2D eigenvalue weighted by atomic mass is 32.1. The third kappa shape index (κ3) is 2.55. The standard InChI is InChI=1S/C36H21NS/c1-2-11-24-22(10-1)23-12-3-4-14-26(23)34-27(24)16-9-18-31(34)37-30-17-7-5-15-29(30)35-32(37)21-20-28-25-13-6-8-19-33(25)38-36(28)35/h1-21H. The van der Waals surface area contributed by atoms with Crippen LogP contribution in [0.2, 0.25) is 0 Å². The van der Waals surface area contributed by atoms with E-state index in [2.05, 4.69) is 132 Å². The Bertz CT molecular complexity index is 2360. The SMILES string of the molecule is c1ccc2c(c1)sc1c2ccc2c1c1ccccc1n2-c1cccc2c3ccccc3c3ccccc3c12. The third-order valence-electron chi connectivity index (χ3n) is 8.17. The van der Waals surface area contributed by atoms with Gasteiger partial charge in [0, 0.05) is 36.3 Å². The van der Waals surface area contributed by atoms with Gasteiger partial charge in [0.25, 0.3) is 0 Å². The summed E-state index contributed by atoms with van der Waals surface area (Å²) in [6, 6.07) is 46.8. The van der Waals surface area contributed by atoms with Gasteiger partial charge >= 0.3 is 0 Å². The van der Waals surface area contributed by atoms with Gasteiger partial charge in [0.15, 0.2) is 0 Å². The first-order valence-electron chi connectivity index (χ1n) is 13.0. The molecule has 0 aliphatic carbocycles. The summed E-state index contributed by atoms with van der Waals surface area (Å²) in [7, 11) is 0. The molecule has 0 fully saturated rings. The van der Waals surface area contributed by atoms with Crippen LogP contribution < -0.4 is 0 Å². The van der Waals surface area contributed by atoms with Gasteiger partial charge in [-0.2, -0.15) is 0 Å². The molecule has 0 N–H and O–H groups in total. The summed E-state index contributed by atoms with van der Waals surface area (Å²) in [6.07, 6.45) is 0. The Hall–Kier alpha value is -4.66. The molecule has 0 unspecified atom stereocenters. The minimum atomic E-state index is 1.23. The van der Waals surface area contributed by atoms with Crippen LogP contribution in [0.4, 0.5) is 0 Å².